The summed E-state index contributed by atoms with van der Waals surface area (Å²) in [5.41, 5.74) is 0.368. The van der Waals surface area contributed by atoms with Crippen molar-refractivity contribution in [3.05, 3.63) is 34.1 Å². The fraction of sp³-hybridized carbons (Fsp3) is 0.538. The number of nitrogens with zero attached hydrogens (tertiary/aromatic N) is 1. The van der Waals surface area contributed by atoms with Crippen molar-refractivity contribution < 1.29 is 9.50 Å². The van der Waals surface area contributed by atoms with Gasteiger partial charge in [-0.3, -0.25) is 4.90 Å². The van der Waals surface area contributed by atoms with Gasteiger partial charge in [0.2, 0.25) is 0 Å². The molecule has 0 bridgehead atoms. The molecule has 1 fully saturated rings. The first-order chi connectivity index (χ1) is 7.89. The molecule has 1 saturated heterocycles. The van der Waals surface area contributed by atoms with Gasteiger partial charge in [-0.05, 0) is 29.7 Å². The lowest BCUT2D eigenvalue weighted by Gasteiger charge is -2.49. The highest BCUT2D eigenvalue weighted by Crippen LogP contribution is 2.30. The second-order valence-corrected chi connectivity index (χ2v) is 6.10. The van der Waals surface area contributed by atoms with E-state index in [0.717, 1.165) is 10.0 Å². The summed E-state index contributed by atoms with van der Waals surface area (Å²) >= 11 is 3.28. The van der Waals surface area contributed by atoms with E-state index in [1.54, 1.807) is 0 Å². The number of aliphatic hydroxyl groups is 1. The predicted octanol–water partition coefficient (Wildman–Crippen LogP) is 2.79. The standard InChI is InChI=1S/C13H17BrFNO/c1-9(2)13(17)7-16(8-13)6-10-3-11(14)5-12(15)4-10/h3-5,9,17H,6-8H2,1-2H3. The van der Waals surface area contributed by atoms with Crippen molar-refractivity contribution in [1.29, 1.82) is 0 Å². The third-order valence-electron chi connectivity index (χ3n) is 3.40. The fourth-order valence-corrected chi connectivity index (χ4v) is 2.68. The zero-order chi connectivity index (χ0) is 12.6. The molecule has 0 unspecified atom stereocenters. The minimum absolute atomic E-state index is 0.228. The van der Waals surface area contributed by atoms with E-state index in [4.69, 9.17) is 0 Å². The Morgan fingerprint density at radius 1 is 1.41 bits per heavy atom. The molecule has 2 nitrogen and oxygen atoms in total. The van der Waals surface area contributed by atoms with Gasteiger partial charge in [-0.15, -0.1) is 0 Å². The predicted molar refractivity (Wildman–Crippen MR) is 69.2 cm³/mol. The molecule has 1 N–H and O–H groups in total. The Labute approximate surface area is 110 Å². The van der Waals surface area contributed by atoms with Crippen LogP contribution in [0.1, 0.15) is 19.4 Å². The molecule has 4 heteroatoms. The summed E-state index contributed by atoms with van der Waals surface area (Å²) in [5, 5.41) is 10.1. The zero-order valence-electron chi connectivity index (χ0n) is 10.1. The van der Waals surface area contributed by atoms with Gasteiger partial charge < -0.3 is 5.11 Å². The fourth-order valence-electron chi connectivity index (χ4n) is 2.17. The van der Waals surface area contributed by atoms with Gasteiger partial charge in [0.05, 0.1) is 5.60 Å². The molecule has 2 rings (SSSR count). The number of hydrogen-bond acceptors (Lipinski definition) is 2. The van der Waals surface area contributed by atoms with Gasteiger partial charge in [0.15, 0.2) is 0 Å². The highest BCUT2D eigenvalue weighted by molar-refractivity contribution is 9.10. The van der Waals surface area contributed by atoms with Crippen LogP contribution in [0.5, 0.6) is 0 Å². The van der Waals surface area contributed by atoms with Crippen LogP contribution < -0.4 is 0 Å². The van der Waals surface area contributed by atoms with Crippen molar-refractivity contribution >= 4 is 15.9 Å². The van der Waals surface area contributed by atoms with Crippen LogP contribution in [0.2, 0.25) is 0 Å². The molecule has 0 spiro atoms. The minimum atomic E-state index is -0.565. The van der Waals surface area contributed by atoms with E-state index in [1.165, 1.54) is 12.1 Å². The first-order valence-corrected chi connectivity index (χ1v) is 6.58. The van der Waals surface area contributed by atoms with E-state index in [1.807, 2.05) is 19.9 Å². The van der Waals surface area contributed by atoms with Crippen LogP contribution >= 0.6 is 15.9 Å². The van der Waals surface area contributed by atoms with Crippen molar-refractivity contribution in [1.82, 2.24) is 4.90 Å². The van der Waals surface area contributed by atoms with E-state index in [9.17, 15) is 9.50 Å². The zero-order valence-corrected chi connectivity index (χ0v) is 11.7. The molecule has 1 aliphatic heterocycles. The van der Waals surface area contributed by atoms with Crippen molar-refractivity contribution in [3.63, 3.8) is 0 Å². The Balaban J connectivity index is 1.96. The number of β-amino-alcohol motifs (C(OH)–C–C–N with tert-alkyl or cyclic N) is 1. The highest BCUT2D eigenvalue weighted by Gasteiger charge is 2.43. The Morgan fingerprint density at radius 3 is 2.59 bits per heavy atom. The average Bonchev–Trinajstić information content (AvgIpc) is 2.12. The number of halogens is 2. The Kier molecular flexibility index (Phi) is 3.57. The van der Waals surface area contributed by atoms with Gasteiger partial charge in [-0.25, -0.2) is 4.39 Å². The molecule has 0 saturated carbocycles. The van der Waals surface area contributed by atoms with Crippen LogP contribution in [-0.2, 0) is 6.54 Å². The number of benzene rings is 1. The first kappa shape index (κ1) is 13.0. The maximum Gasteiger partial charge on any atom is 0.124 e. The molecule has 94 valence electrons. The lowest BCUT2D eigenvalue weighted by atomic mass is 9.83. The number of likely N-dealkylation sites (tertiary alicyclic amines) is 1. The SMILES string of the molecule is CC(C)C1(O)CN(Cc2cc(F)cc(Br)c2)C1. The second kappa shape index (κ2) is 4.67. The summed E-state index contributed by atoms with van der Waals surface area (Å²) in [6.07, 6.45) is 0. The van der Waals surface area contributed by atoms with Crippen molar-refractivity contribution in [2.75, 3.05) is 13.1 Å². The summed E-state index contributed by atoms with van der Waals surface area (Å²) in [6, 6.07) is 4.90. The lowest BCUT2D eigenvalue weighted by molar-refractivity contribution is -0.130. The molecule has 1 aromatic carbocycles. The van der Waals surface area contributed by atoms with E-state index >= 15 is 0 Å². The number of rotatable bonds is 3. The molecule has 17 heavy (non-hydrogen) atoms. The van der Waals surface area contributed by atoms with E-state index in [0.29, 0.717) is 19.6 Å². The van der Waals surface area contributed by atoms with Gasteiger partial charge >= 0.3 is 0 Å². The van der Waals surface area contributed by atoms with Crippen LogP contribution in [-0.4, -0.2) is 28.7 Å². The molecule has 1 heterocycles. The van der Waals surface area contributed by atoms with Gasteiger partial charge in [-0.1, -0.05) is 29.8 Å². The molecular formula is C13H17BrFNO. The lowest BCUT2D eigenvalue weighted by Crippen LogP contribution is -2.63. The monoisotopic (exact) mass is 301 g/mol. The van der Waals surface area contributed by atoms with Crippen molar-refractivity contribution in [2.45, 2.75) is 26.0 Å². The van der Waals surface area contributed by atoms with Crippen molar-refractivity contribution in [2.24, 2.45) is 5.92 Å². The Hall–Kier alpha value is -0.450. The minimum Gasteiger partial charge on any atom is -0.387 e. The van der Waals surface area contributed by atoms with E-state index in [-0.39, 0.29) is 11.7 Å². The molecule has 0 amide bonds. The second-order valence-electron chi connectivity index (χ2n) is 5.18. The largest absolute Gasteiger partial charge is 0.387 e. The van der Waals surface area contributed by atoms with Crippen LogP contribution in [0, 0.1) is 11.7 Å². The average molecular weight is 302 g/mol. The van der Waals surface area contributed by atoms with E-state index < -0.39 is 5.60 Å². The van der Waals surface area contributed by atoms with Crippen LogP contribution in [0.3, 0.4) is 0 Å². The van der Waals surface area contributed by atoms with Crippen molar-refractivity contribution in [3.8, 4) is 0 Å². The third kappa shape index (κ3) is 2.87. The molecule has 1 aromatic rings. The molecular weight excluding hydrogens is 285 g/mol. The topological polar surface area (TPSA) is 23.5 Å². The van der Waals surface area contributed by atoms with Crippen LogP contribution in [0.15, 0.2) is 22.7 Å². The van der Waals surface area contributed by atoms with E-state index in [2.05, 4.69) is 20.8 Å². The van der Waals surface area contributed by atoms with Gasteiger partial charge in [0.1, 0.15) is 5.82 Å². The highest BCUT2D eigenvalue weighted by atomic mass is 79.9. The Morgan fingerprint density at radius 2 is 2.06 bits per heavy atom. The third-order valence-corrected chi connectivity index (χ3v) is 3.86. The van der Waals surface area contributed by atoms with Crippen LogP contribution in [0.4, 0.5) is 4.39 Å². The maximum atomic E-state index is 13.2. The summed E-state index contributed by atoms with van der Waals surface area (Å²) in [5.74, 6) is 0.0343. The summed E-state index contributed by atoms with van der Waals surface area (Å²) in [4.78, 5) is 2.13. The summed E-state index contributed by atoms with van der Waals surface area (Å²) in [7, 11) is 0. The summed E-state index contributed by atoms with van der Waals surface area (Å²) in [6.45, 7) is 6.06. The molecule has 0 radical (unpaired) electrons. The number of hydrogen-bond donors (Lipinski definition) is 1. The van der Waals surface area contributed by atoms with Gasteiger partial charge in [0, 0.05) is 24.1 Å². The normalized spacial score (nSPS) is 19.4. The molecule has 0 aliphatic carbocycles. The quantitative estimate of drug-likeness (QED) is 0.928. The smallest absolute Gasteiger partial charge is 0.124 e. The van der Waals surface area contributed by atoms with Gasteiger partial charge in [-0.2, -0.15) is 0 Å². The molecule has 0 aromatic heterocycles. The maximum absolute atomic E-state index is 13.2. The molecule has 0 atom stereocenters. The molecule has 1 aliphatic rings. The van der Waals surface area contributed by atoms with Gasteiger partial charge in [0.25, 0.3) is 0 Å². The van der Waals surface area contributed by atoms with Crippen LogP contribution in [0.25, 0.3) is 0 Å². The first-order valence-electron chi connectivity index (χ1n) is 5.79. The summed E-state index contributed by atoms with van der Waals surface area (Å²) < 4.78 is 13.9. The Bertz CT molecular complexity index is 396.